The number of hydrogen-bond donors (Lipinski definition) is 1. The highest BCUT2D eigenvalue weighted by Crippen LogP contribution is 2.26. The van der Waals surface area contributed by atoms with Crippen LogP contribution in [0.2, 0.25) is 0 Å². The first kappa shape index (κ1) is 29.7. The SMILES string of the molecule is COc1ccccc1OCC(=O)Nc1ccc2c(c1)nc(CN1CCN(S(C)(=O)=O)CC1)n2C.Cl.Cl. The van der Waals surface area contributed by atoms with Crippen molar-refractivity contribution >= 4 is 57.5 Å². The zero-order valence-electron chi connectivity index (χ0n) is 20.3. The molecule has 0 unspecified atom stereocenters. The first-order valence-corrected chi connectivity index (χ1v) is 12.8. The van der Waals surface area contributed by atoms with E-state index in [9.17, 15) is 13.2 Å². The summed E-state index contributed by atoms with van der Waals surface area (Å²) in [5, 5.41) is 2.84. The fourth-order valence-electron chi connectivity index (χ4n) is 3.97. The second-order valence-corrected chi connectivity index (χ2v) is 10.2. The van der Waals surface area contributed by atoms with Crippen LogP contribution in [0.1, 0.15) is 5.82 Å². The molecular weight excluding hydrogens is 529 g/mol. The van der Waals surface area contributed by atoms with Crippen molar-refractivity contribution in [2.24, 2.45) is 7.05 Å². The Morgan fingerprint density at radius 3 is 2.36 bits per heavy atom. The predicted octanol–water partition coefficient (Wildman–Crippen LogP) is 2.52. The lowest BCUT2D eigenvalue weighted by Gasteiger charge is -2.32. The van der Waals surface area contributed by atoms with Gasteiger partial charge in [-0.3, -0.25) is 9.69 Å². The molecule has 2 heterocycles. The van der Waals surface area contributed by atoms with Crippen LogP contribution in [-0.4, -0.2) is 79.2 Å². The Bertz CT molecular complexity index is 1290. The molecule has 0 aliphatic carbocycles. The van der Waals surface area contributed by atoms with Crippen LogP contribution in [0.15, 0.2) is 42.5 Å². The minimum Gasteiger partial charge on any atom is -0.493 e. The van der Waals surface area contributed by atoms with E-state index in [-0.39, 0.29) is 37.3 Å². The normalized spacial score (nSPS) is 14.5. The van der Waals surface area contributed by atoms with E-state index in [1.54, 1.807) is 19.2 Å². The molecule has 1 amide bonds. The smallest absolute Gasteiger partial charge is 0.262 e. The number of nitrogens with zero attached hydrogens (tertiary/aromatic N) is 4. The molecule has 0 bridgehead atoms. The standard InChI is InChI=1S/C23H29N5O5S.2ClH/c1-26-19-9-8-17(24-23(29)16-33-21-7-5-4-6-20(21)32-2)14-18(19)25-22(26)15-27-10-12-28(13-11-27)34(3,30)31;;/h4-9,14H,10-13,15-16H2,1-3H3,(H,24,29);2*1H. The number of imidazole rings is 1. The van der Waals surface area contributed by atoms with E-state index < -0.39 is 10.0 Å². The molecule has 13 heteroatoms. The van der Waals surface area contributed by atoms with Gasteiger partial charge in [-0.05, 0) is 30.3 Å². The minimum absolute atomic E-state index is 0. The van der Waals surface area contributed by atoms with Gasteiger partial charge in [-0.15, -0.1) is 24.8 Å². The molecule has 0 spiro atoms. The van der Waals surface area contributed by atoms with Crippen LogP contribution in [-0.2, 0) is 28.4 Å². The van der Waals surface area contributed by atoms with Crippen molar-refractivity contribution in [1.29, 1.82) is 0 Å². The van der Waals surface area contributed by atoms with Crippen molar-refractivity contribution in [2.45, 2.75) is 6.54 Å². The monoisotopic (exact) mass is 559 g/mol. The number of rotatable bonds is 8. The van der Waals surface area contributed by atoms with Gasteiger partial charge >= 0.3 is 0 Å². The Hall–Kier alpha value is -2.57. The molecular formula is C23H31Cl2N5O5S. The molecule has 1 aliphatic heterocycles. The van der Waals surface area contributed by atoms with Gasteiger partial charge in [-0.25, -0.2) is 13.4 Å². The highest BCUT2D eigenvalue weighted by atomic mass is 35.5. The van der Waals surface area contributed by atoms with Gasteiger partial charge in [-0.2, -0.15) is 4.31 Å². The number of para-hydroxylation sites is 2. The van der Waals surface area contributed by atoms with Crippen molar-refractivity contribution in [3.63, 3.8) is 0 Å². The van der Waals surface area contributed by atoms with E-state index in [0.717, 1.165) is 16.9 Å². The van der Waals surface area contributed by atoms with Gasteiger partial charge < -0.3 is 19.4 Å². The van der Waals surface area contributed by atoms with Gasteiger partial charge in [0, 0.05) is 38.9 Å². The molecule has 1 aliphatic rings. The maximum Gasteiger partial charge on any atom is 0.262 e. The molecule has 2 aromatic carbocycles. The minimum atomic E-state index is -3.15. The van der Waals surface area contributed by atoms with Crippen molar-refractivity contribution in [3.8, 4) is 11.5 Å². The lowest BCUT2D eigenvalue weighted by atomic mass is 10.2. The highest BCUT2D eigenvalue weighted by Gasteiger charge is 2.24. The third-order valence-corrected chi connectivity index (χ3v) is 7.15. The molecule has 1 fully saturated rings. The summed E-state index contributed by atoms with van der Waals surface area (Å²) in [5.41, 5.74) is 2.36. The molecule has 36 heavy (non-hydrogen) atoms. The summed E-state index contributed by atoms with van der Waals surface area (Å²) in [7, 11) is 0.352. The molecule has 1 saturated heterocycles. The lowest BCUT2D eigenvalue weighted by molar-refractivity contribution is -0.118. The molecule has 0 saturated carbocycles. The van der Waals surface area contributed by atoms with Crippen molar-refractivity contribution < 1.29 is 22.7 Å². The molecule has 1 N–H and O–H groups in total. The van der Waals surface area contributed by atoms with E-state index in [1.165, 1.54) is 10.6 Å². The van der Waals surface area contributed by atoms with Crippen molar-refractivity contribution in [1.82, 2.24) is 18.8 Å². The Balaban J connectivity index is 0.00000228. The Morgan fingerprint density at radius 2 is 1.72 bits per heavy atom. The van der Waals surface area contributed by atoms with Gasteiger partial charge in [0.2, 0.25) is 10.0 Å². The number of fused-ring (bicyclic) bond motifs is 1. The van der Waals surface area contributed by atoms with Crippen LogP contribution < -0.4 is 14.8 Å². The summed E-state index contributed by atoms with van der Waals surface area (Å²) in [6.07, 6.45) is 1.25. The molecule has 0 atom stereocenters. The van der Waals surface area contributed by atoms with Crippen LogP contribution in [0.3, 0.4) is 0 Å². The zero-order chi connectivity index (χ0) is 24.3. The number of methoxy groups -OCH3 is 1. The number of amides is 1. The summed E-state index contributed by atoms with van der Waals surface area (Å²) in [4.78, 5) is 19.3. The third-order valence-electron chi connectivity index (χ3n) is 5.85. The number of carbonyl (C=O) groups excluding carboxylic acids is 1. The molecule has 4 rings (SSSR count). The Morgan fingerprint density at radius 1 is 1.06 bits per heavy atom. The number of halogens is 2. The van der Waals surface area contributed by atoms with Gasteiger partial charge in [0.25, 0.3) is 5.91 Å². The molecule has 198 valence electrons. The number of aromatic nitrogens is 2. The summed E-state index contributed by atoms with van der Waals surface area (Å²) in [6, 6.07) is 12.7. The molecule has 0 radical (unpaired) electrons. The van der Waals surface area contributed by atoms with Crippen LogP contribution in [0.5, 0.6) is 11.5 Å². The van der Waals surface area contributed by atoms with Gasteiger partial charge in [0.1, 0.15) is 5.82 Å². The van der Waals surface area contributed by atoms with Crippen molar-refractivity contribution in [2.75, 3.05) is 51.5 Å². The first-order chi connectivity index (χ1) is 16.2. The fraction of sp³-hybridized carbons (Fsp3) is 0.391. The Labute approximate surface area is 223 Å². The maximum absolute atomic E-state index is 12.4. The first-order valence-electron chi connectivity index (χ1n) is 10.9. The number of benzene rings is 2. The number of sulfonamides is 1. The van der Waals surface area contributed by atoms with Gasteiger partial charge in [0.05, 0.1) is 30.9 Å². The highest BCUT2D eigenvalue weighted by molar-refractivity contribution is 7.88. The molecule has 1 aromatic heterocycles. The predicted molar refractivity (Wildman–Crippen MR) is 144 cm³/mol. The average Bonchev–Trinajstić information content (AvgIpc) is 3.12. The lowest BCUT2D eigenvalue weighted by Crippen LogP contribution is -2.48. The van der Waals surface area contributed by atoms with Gasteiger partial charge in [0.15, 0.2) is 18.1 Å². The summed E-state index contributed by atoms with van der Waals surface area (Å²) >= 11 is 0. The average molecular weight is 561 g/mol. The molecule has 10 nitrogen and oxygen atoms in total. The van der Waals surface area contributed by atoms with E-state index in [4.69, 9.17) is 14.5 Å². The van der Waals surface area contributed by atoms with E-state index in [1.807, 2.05) is 41.9 Å². The number of anilines is 1. The quantitative estimate of drug-likeness (QED) is 0.452. The van der Waals surface area contributed by atoms with Crippen LogP contribution in [0, 0.1) is 0 Å². The number of ether oxygens (including phenoxy) is 2. The number of carbonyl (C=O) groups is 1. The Kier molecular flexibility index (Phi) is 10.4. The number of aryl methyl sites for hydroxylation is 1. The van der Waals surface area contributed by atoms with E-state index in [0.29, 0.717) is 49.9 Å². The maximum atomic E-state index is 12.4. The van der Waals surface area contributed by atoms with Crippen molar-refractivity contribution in [3.05, 3.63) is 48.3 Å². The number of hydrogen-bond acceptors (Lipinski definition) is 7. The molecule has 3 aromatic rings. The van der Waals surface area contributed by atoms with E-state index >= 15 is 0 Å². The topological polar surface area (TPSA) is 106 Å². The fourth-order valence-corrected chi connectivity index (χ4v) is 4.79. The second-order valence-electron chi connectivity index (χ2n) is 8.22. The van der Waals surface area contributed by atoms with Crippen LogP contribution >= 0.6 is 24.8 Å². The summed E-state index contributed by atoms with van der Waals surface area (Å²) in [6.45, 7) is 2.75. The van der Waals surface area contributed by atoms with Crippen LogP contribution in [0.25, 0.3) is 11.0 Å². The summed E-state index contributed by atoms with van der Waals surface area (Å²) < 4.78 is 37.8. The largest absolute Gasteiger partial charge is 0.493 e. The third kappa shape index (κ3) is 7.01. The van der Waals surface area contributed by atoms with Crippen LogP contribution in [0.4, 0.5) is 5.69 Å². The summed E-state index contributed by atoms with van der Waals surface area (Å²) in [5.74, 6) is 1.66. The number of piperazine rings is 1. The second kappa shape index (κ2) is 12.6. The van der Waals surface area contributed by atoms with Gasteiger partial charge in [-0.1, -0.05) is 12.1 Å². The zero-order valence-corrected chi connectivity index (χ0v) is 22.8. The van der Waals surface area contributed by atoms with E-state index in [2.05, 4.69) is 10.2 Å². The number of nitrogens with one attached hydrogen (secondary N) is 1.